The third-order valence-corrected chi connectivity index (χ3v) is 6.27. The summed E-state index contributed by atoms with van der Waals surface area (Å²) >= 11 is 5.88. The Bertz CT molecular complexity index is 1160. The van der Waals surface area contributed by atoms with Crippen LogP contribution in [0.15, 0.2) is 54.6 Å². The zero-order valence-corrected chi connectivity index (χ0v) is 19.7. The van der Waals surface area contributed by atoms with Crippen LogP contribution in [-0.4, -0.2) is 61.1 Å². The molecule has 1 saturated heterocycles. The molecule has 4 N–H and O–H groups in total. The summed E-state index contributed by atoms with van der Waals surface area (Å²) in [4.78, 5) is 40.8. The molecule has 4 rings (SSSR count). The topological polar surface area (TPSA) is 117 Å². The van der Waals surface area contributed by atoms with Crippen LogP contribution < -0.4 is 21.3 Å². The standard InChI is InChI=1S/C24H25ClFN5O4/c1-35-18-11-21(30(13-18)24(34)28-15-4-2-14(25)3-5-15)23(33)29-20-8-6-16(10-19(20)26)31-17(12-27)7-9-22(31)32/h2-10,17-18,21H,11-13,27H2,1H3,(H,28,34)(H,29,33). The molecule has 9 nitrogen and oxygen atoms in total. The molecule has 2 aromatic rings. The molecule has 2 aromatic carbocycles. The van der Waals surface area contributed by atoms with Crippen LogP contribution in [0.25, 0.3) is 0 Å². The van der Waals surface area contributed by atoms with Crippen LogP contribution in [0.3, 0.4) is 0 Å². The number of benzene rings is 2. The van der Waals surface area contributed by atoms with Crippen LogP contribution in [0, 0.1) is 5.82 Å². The summed E-state index contributed by atoms with van der Waals surface area (Å²) in [6, 6.07) is 8.91. The first-order valence-corrected chi connectivity index (χ1v) is 11.4. The van der Waals surface area contributed by atoms with Crippen molar-refractivity contribution < 1.29 is 23.5 Å². The molecule has 3 atom stereocenters. The third-order valence-electron chi connectivity index (χ3n) is 6.02. The van der Waals surface area contributed by atoms with Crippen LogP contribution in [0.2, 0.25) is 5.02 Å². The average molecular weight is 502 g/mol. The smallest absolute Gasteiger partial charge is 0.322 e. The lowest BCUT2D eigenvalue weighted by atomic mass is 10.1. The molecule has 35 heavy (non-hydrogen) atoms. The fourth-order valence-corrected chi connectivity index (χ4v) is 4.29. The summed E-state index contributed by atoms with van der Waals surface area (Å²) in [6.45, 7) is 0.387. The van der Waals surface area contributed by atoms with E-state index in [0.717, 1.165) is 0 Å². The van der Waals surface area contributed by atoms with Crippen LogP contribution in [0.5, 0.6) is 0 Å². The highest BCUT2D eigenvalue weighted by Gasteiger charge is 2.40. The summed E-state index contributed by atoms with van der Waals surface area (Å²) in [5.74, 6) is -1.57. The molecular formula is C24H25ClFN5O4. The van der Waals surface area contributed by atoms with Crippen LogP contribution in [-0.2, 0) is 14.3 Å². The number of urea groups is 1. The first-order valence-electron chi connectivity index (χ1n) is 11.0. The van der Waals surface area contributed by atoms with Gasteiger partial charge in [0, 0.05) is 49.1 Å². The fourth-order valence-electron chi connectivity index (χ4n) is 4.17. The number of likely N-dealkylation sites (tertiary alicyclic amines) is 1. The van der Waals surface area contributed by atoms with Crippen LogP contribution >= 0.6 is 11.6 Å². The maximum Gasteiger partial charge on any atom is 0.322 e. The zero-order chi connectivity index (χ0) is 25.1. The van der Waals surface area contributed by atoms with Gasteiger partial charge < -0.3 is 30.9 Å². The van der Waals surface area contributed by atoms with E-state index in [4.69, 9.17) is 22.1 Å². The Balaban J connectivity index is 1.47. The molecule has 0 saturated carbocycles. The van der Waals surface area contributed by atoms with E-state index in [0.29, 0.717) is 16.4 Å². The summed E-state index contributed by atoms with van der Waals surface area (Å²) in [5, 5.41) is 5.81. The highest BCUT2D eigenvalue weighted by molar-refractivity contribution is 6.30. The molecule has 184 valence electrons. The van der Waals surface area contributed by atoms with E-state index in [-0.39, 0.29) is 43.3 Å². The summed E-state index contributed by atoms with van der Waals surface area (Å²) in [5.41, 5.74) is 6.47. The number of hydrogen-bond donors (Lipinski definition) is 3. The summed E-state index contributed by atoms with van der Waals surface area (Å²) in [7, 11) is 1.50. The number of amides is 4. The Morgan fingerprint density at radius 1 is 1.20 bits per heavy atom. The van der Waals surface area contributed by atoms with Gasteiger partial charge in [-0.15, -0.1) is 0 Å². The quantitative estimate of drug-likeness (QED) is 0.562. The van der Waals surface area contributed by atoms with Crippen molar-refractivity contribution >= 4 is 46.5 Å². The normalized spacial score (nSPS) is 21.5. The number of hydrogen-bond acceptors (Lipinski definition) is 5. The molecule has 0 aromatic heterocycles. The van der Waals surface area contributed by atoms with E-state index in [1.54, 1.807) is 30.3 Å². The van der Waals surface area contributed by atoms with Crippen LogP contribution in [0.1, 0.15) is 6.42 Å². The molecule has 0 bridgehead atoms. The Kier molecular flexibility index (Phi) is 7.34. The van der Waals surface area contributed by atoms with Gasteiger partial charge in [0.15, 0.2) is 0 Å². The van der Waals surface area contributed by atoms with Crippen molar-refractivity contribution in [3.05, 3.63) is 65.5 Å². The lowest BCUT2D eigenvalue weighted by Crippen LogP contribution is -2.45. The minimum absolute atomic E-state index is 0.0680. The number of anilines is 3. The van der Waals surface area contributed by atoms with Crippen molar-refractivity contribution in [3.8, 4) is 0 Å². The first-order chi connectivity index (χ1) is 16.8. The molecule has 3 unspecified atom stereocenters. The number of rotatable bonds is 6. The second-order valence-electron chi connectivity index (χ2n) is 8.22. The molecule has 11 heteroatoms. The third kappa shape index (κ3) is 5.29. The van der Waals surface area contributed by atoms with Crippen LogP contribution in [0.4, 0.5) is 26.2 Å². The van der Waals surface area contributed by atoms with Gasteiger partial charge in [0.2, 0.25) is 5.91 Å². The molecule has 2 heterocycles. The van der Waals surface area contributed by atoms with Crippen molar-refractivity contribution in [1.29, 1.82) is 0 Å². The van der Waals surface area contributed by atoms with E-state index in [1.165, 1.54) is 41.2 Å². The number of ether oxygens (including phenoxy) is 1. The van der Waals surface area contributed by atoms with Gasteiger partial charge in [-0.1, -0.05) is 17.7 Å². The van der Waals surface area contributed by atoms with Gasteiger partial charge in [-0.05, 0) is 42.5 Å². The lowest BCUT2D eigenvalue weighted by Gasteiger charge is -2.25. The van der Waals surface area contributed by atoms with Crippen molar-refractivity contribution in [2.45, 2.75) is 24.6 Å². The lowest BCUT2D eigenvalue weighted by molar-refractivity contribution is -0.119. The monoisotopic (exact) mass is 501 g/mol. The minimum Gasteiger partial charge on any atom is -0.380 e. The summed E-state index contributed by atoms with van der Waals surface area (Å²) < 4.78 is 20.3. The van der Waals surface area contributed by atoms with Gasteiger partial charge in [0.25, 0.3) is 5.91 Å². The highest BCUT2D eigenvalue weighted by Crippen LogP contribution is 2.28. The average Bonchev–Trinajstić information content (AvgIpc) is 3.45. The van der Waals surface area contributed by atoms with Crippen molar-refractivity contribution in [2.75, 3.05) is 35.7 Å². The molecule has 0 radical (unpaired) electrons. The summed E-state index contributed by atoms with van der Waals surface area (Å²) in [6.07, 6.45) is 2.95. The Morgan fingerprint density at radius 3 is 2.60 bits per heavy atom. The predicted molar refractivity (Wildman–Crippen MR) is 131 cm³/mol. The van der Waals surface area contributed by atoms with Gasteiger partial charge in [-0.2, -0.15) is 0 Å². The number of nitrogens with two attached hydrogens (primary N) is 1. The zero-order valence-electron chi connectivity index (χ0n) is 18.9. The molecule has 2 aliphatic rings. The molecule has 0 aliphatic carbocycles. The van der Waals surface area contributed by atoms with Crippen molar-refractivity contribution in [3.63, 3.8) is 0 Å². The highest BCUT2D eigenvalue weighted by atomic mass is 35.5. The molecule has 4 amide bonds. The number of carbonyl (C=O) groups excluding carboxylic acids is 3. The predicted octanol–water partition coefficient (Wildman–Crippen LogP) is 2.97. The van der Waals surface area contributed by atoms with E-state index in [1.807, 2.05) is 0 Å². The molecule has 1 fully saturated rings. The van der Waals surface area contributed by atoms with Gasteiger partial charge in [-0.3, -0.25) is 9.59 Å². The number of carbonyl (C=O) groups is 3. The van der Waals surface area contributed by atoms with Crippen molar-refractivity contribution in [1.82, 2.24) is 4.90 Å². The SMILES string of the molecule is COC1CC(C(=O)Nc2ccc(N3C(=O)C=CC3CN)cc2F)N(C(=O)Nc2ccc(Cl)cc2)C1. The minimum atomic E-state index is -0.877. The first kappa shape index (κ1) is 24.6. The maximum absolute atomic E-state index is 14.9. The second kappa shape index (κ2) is 10.4. The van der Waals surface area contributed by atoms with E-state index in [9.17, 15) is 18.8 Å². The Labute approximate surface area is 206 Å². The Hall–Kier alpha value is -3.47. The Morgan fingerprint density at radius 2 is 1.94 bits per heavy atom. The van der Waals surface area contributed by atoms with Crippen molar-refractivity contribution in [2.24, 2.45) is 5.73 Å². The van der Waals surface area contributed by atoms with E-state index >= 15 is 0 Å². The van der Waals surface area contributed by atoms with Gasteiger partial charge in [0.1, 0.15) is 11.9 Å². The molecule has 0 spiro atoms. The van der Waals surface area contributed by atoms with Gasteiger partial charge in [0.05, 0.1) is 17.8 Å². The molecular weight excluding hydrogens is 477 g/mol. The number of nitrogens with one attached hydrogen (secondary N) is 2. The second-order valence-corrected chi connectivity index (χ2v) is 8.66. The number of methoxy groups -OCH3 is 1. The van der Waals surface area contributed by atoms with E-state index < -0.39 is 23.8 Å². The van der Waals surface area contributed by atoms with Gasteiger partial charge >= 0.3 is 6.03 Å². The van der Waals surface area contributed by atoms with Gasteiger partial charge in [-0.25, -0.2) is 9.18 Å². The van der Waals surface area contributed by atoms with E-state index in [2.05, 4.69) is 10.6 Å². The number of halogens is 2. The largest absolute Gasteiger partial charge is 0.380 e. The molecule has 2 aliphatic heterocycles. The fraction of sp³-hybridized carbons (Fsp3) is 0.292. The number of nitrogens with zero attached hydrogens (tertiary/aromatic N) is 2. The maximum atomic E-state index is 14.9.